The molecule has 1 atom stereocenters. The fourth-order valence-electron chi connectivity index (χ4n) is 2.42. The third-order valence-corrected chi connectivity index (χ3v) is 3.85. The van der Waals surface area contributed by atoms with Crippen LogP contribution in [0.4, 0.5) is 11.4 Å². The first-order chi connectivity index (χ1) is 10.5. The first-order valence-corrected chi connectivity index (χ1v) is 7.43. The Morgan fingerprint density at radius 2 is 1.95 bits per heavy atom. The molecule has 1 aromatic heterocycles. The van der Waals surface area contributed by atoms with E-state index in [4.69, 9.17) is 0 Å². The lowest BCUT2D eigenvalue weighted by molar-refractivity contribution is 0.716. The SMILES string of the molecule is Cc1cc(NCC(C)N(C)c2ccccc2)c(C#N)c(C)n1. The Hall–Kier alpha value is -2.54. The van der Waals surface area contributed by atoms with Gasteiger partial charge in [-0.25, -0.2) is 0 Å². The predicted octanol–water partition coefficient (Wildman–Crippen LogP) is 3.51. The zero-order valence-electron chi connectivity index (χ0n) is 13.6. The minimum Gasteiger partial charge on any atom is -0.382 e. The number of pyridine rings is 1. The molecule has 114 valence electrons. The molecule has 0 saturated heterocycles. The molecule has 0 bridgehead atoms. The zero-order valence-corrected chi connectivity index (χ0v) is 13.6. The molecule has 1 aromatic carbocycles. The van der Waals surface area contributed by atoms with Gasteiger partial charge in [0.05, 0.1) is 16.9 Å². The summed E-state index contributed by atoms with van der Waals surface area (Å²) in [6, 6.07) is 14.7. The lowest BCUT2D eigenvalue weighted by Gasteiger charge is -2.27. The van der Waals surface area contributed by atoms with Crippen molar-refractivity contribution in [3.05, 3.63) is 53.3 Å². The molecule has 2 rings (SSSR count). The lowest BCUT2D eigenvalue weighted by Crippen LogP contribution is -2.34. The summed E-state index contributed by atoms with van der Waals surface area (Å²) in [5.74, 6) is 0. The summed E-state index contributed by atoms with van der Waals surface area (Å²) in [5.41, 5.74) is 4.36. The molecule has 0 fully saturated rings. The summed E-state index contributed by atoms with van der Waals surface area (Å²) in [6.07, 6.45) is 0. The van der Waals surface area contributed by atoms with Crippen molar-refractivity contribution in [3.8, 4) is 6.07 Å². The number of likely N-dealkylation sites (N-methyl/N-ethyl adjacent to an activating group) is 1. The van der Waals surface area contributed by atoms with E-state index in [1.807, 2.05) is 38.1 Å². The number of nitrogens with one attached hydrogen (secondary N) is 1. The third-order valence-electron chi connectivity index (χ3n) is 3.85. The van der Waals surface area contributed by atoms with Crippen LogP contribution in [0.25, 0.3) is 0 Å². The maximum absolute atomic E-state index is 9.30. The minimum atomic E-state index is 0.294. The van der Waals surface area contributed by atoms with Gasteiger partial charge in [-0.15, -0.1) is 0 Å². The predicted molar refractivity (Wildman–Crippen MR) is 91.2 cm³/mol. The van der Waals surface area contributed by atoms with E-state index in [-0.39, 0.29) is 0 Å². The van der Waals surface area contributed by atoms with Gasteiger partial charge in [0.25, 0.3) is 0 Å². The highest BCUT2D eigenvalue weighted by atomic mass is 15.1. The van der Waals surface area contributed by atoms with Gasteiger partial charge in [0.15, 0.2) is 0 Å². The standard InChI is InChI=1S/C18H22N4/c1-13-10-18(17(11-19)15(3)21-13)20-12-14(2)22(4)16-8-6-5-7-9-16/h5-10,14H,12H2,1-4H3,(H,20,21). The molecule has 1 N–H and O–H groups in total. The van der Waals surface area contributed by atoms with Gasteiger partial charge in [0, 0.05) is 31.0 Å². The van der Waals surface area contributed by atoms with Crippen LogP contribution in [0.5, 0.6) is 0 Å². The molecule has 0 aliphatic rings. The monoisotopic (exact) mass is 294 g/mol. The normalized spacial score (nSPS) is 11.6. The van der Waals surface area contributed by atoms with Crippen LogP contribution >= 0.6 is 0 Å². The number of nitrogens with zero attached hydrogens (tertiary/aromatic N) is 3. The zero-order chi connectivity index (χ0) is 16.1. The van der Waals surface area contributed by atoms with Crippen molar-refractivity contribution < 1.29 is 0 Å². The van der Waals surface area contributed by atoms with Crippen LogP contribution in [0.1, 0.15) is 23.9 Å². The minimum absolute atomic E-state index is 0.294. The molecule has 0 aliphatic carbocycles. The molecule has 2 aromatic rings. The highest BCUT2D eigenvalue weighted by Gasteiger charge is 2.12. The smallest absolute Gasteiger partial charge is 0.103 e. The summed E-state index contributed by atoms with van der Waals surface area (Å²) < 4.78 is 0. The molecule has 22 heavy (non-hydrogen) atoms. The topological polar surface area (TPSA) is 52.0 Å². The molecule has 1 heterocycles. The van der Waals surface area contributed by atoms with E-state index in [1.54, 1.807) is 0 Å². The second-order valence-corrected chi connectivity index (χ2v) is 5.56. The van der Waals surface area contributed by atoms with Gasteiger partial charge in [-0.3, -0.25) is 4.98 Å². The average molecular weight is 294 g/mol. The van der Waals surface area contributed by atoms with Gasteiger partial charge in [-0.2, -0.15) is 5.26 Å². The van der Waals surface area contributed by atoms with Gasteiger partial charge < -0.3 is 10.2 Å². The molecule has 4 heteroatoms. The van der Waals surface area contributed by atoms with Crippen LogP contribution in [0.15, 0.2) is 36.4 Å². The Balaban J connectivity index is 2.09. The van der Waals surface area contributed by atoms with Crippen LogP contribution in [-0.4, -0.2) is 24.6 Å². The van der Waals surface area contributed by atoms with Crippen molar-refractivity contribution >= 4 is 11.4 Å². The quantitative estimate of drug-likeness (QED) is 0.917. The van der Waals surface area contributed by atoms with Crippen LogP contribution in [0.3, 0.4) is 0 Å². The van der Waals surface area contributed by atoms with Crippen molar-refractivity contribution in [2.45, 2.75) is 26.8 Å². The van der Waals surface area contributed by atoms with E-state index in [2.05, 4.69) is 47.4 Å². The molecule has 0 amide bonds. The Morgan fingerprint density at radius 1 is 1.27 bits per heavy atom. The fraction of sp³-hybridized carbons (Fsp3) is 0.333. The average Bonchev–Trinajstić information content (AvgIpc) is 2.52. The summed E-state index contributed by atoms with van der Waals surface area (Å²) >= 11 is 0. The van der Waals surface area contributed by atoms with Gasteiger partial charge in [-0.1, -0.05) is 18.2 Å². The van der Waals surface area contributed by atoms with Gasteiger partial charge >= 0.3 is 0 Å². The number of aryl methyl sites for hydroxylation is 2. The fourth-order valence-corrected chi connectivity index (χ4v) is 2.42. The highest BCUT2D eigenvalue weighted by molar-refractivity contribution is 5.60. The number of aromatic nitrogens is 1. The Morgan fingerprint density at radius 3 is 2.59 bits per heavy atom. The number of para-hydroxylation sites is 1. The summed E-state index contributed by atoms with van der Waals surface area (Å²) in [6.45, 7) is 6.73. The van der Waals surface area contributed by atoms with E-state index in [0.717, 1.165) is 23.6 Å². The first kappa shape index (κ1) is 15.8. The van der Waals surface area contributed by atoms with Crippen molar-refractivity contribution in [2.24, 2.45) is 0 Å². The molecule has 0 spiro atoms. The van der Waals surface area contributed by atoms with Crippen molar-refractivity contribution in [1.29, 1.82) is 5.26 Å². The van der Waals surface area contributed by atoms with Crippen LogP contribution in [-0.2, 0) is 0 Å². The van der Waals surface area contributed by atoms with Gasteiger partial charge in [0.2, 0.25) is 0 Å². The Bertz CT molecular complexity index is 673. The van der Waals surface area contributed by atoms with E-state index < -0.39 is 0 Å². The molecular formula is C18H22N4. The molecule has 1 unspecified atom stereocenters. The second kappa shape index (κ2) is 6.95. The molecular weight excluding hydrogens is 272 g/mol. The van der Waals surface area contributed by atoms with Crippen LogP contribution in [0.2, 0.25) is 0 Å². The Kier molecular flexibility index (Phi) is 5.00. The van der Waals surface area contributed by atoms with E-state index >= 15 is 0 Å². The number of anilines is 2. The van der Waals surface area contributed by atoms with E-state index in [1.165, 1.54) is 5.69 Å². The summed E-state index contributed by atoms with van der Waals surface area (Å²) in [7, 11) is 2.08. The van der Waals surface area contributed by atoms with Crippen LogP contribution in [0, 0.1) is 25.2 Å². The van der Waals surface area contributed by atoms with Gasteiger partial charge in [-0.05, 0) is 39.0 Å². The largest absolute Gasteiger partial charge is 0.382 e. The number of benzene rings is 1. The highest BCUT2D eigenvalue weighted by Crippen LogP contribution is 2.20. The Labute approximate surface area is 132 Å². The molecule has 4 nitrogen and oxygen atoms in total. The van der Waals surface area contributed by atoms with Crippen LogP contribution < -0.4 is 10.2 Å². The number of hydrogen-bond acceptors (Lipinski definition) is 4. The maximum Gasteiger partial charge on any atom is 0.103 e. The number of nitriles is 1. The summed E-state index contributed by atoms with van der Waals surface area (Å²) in [4.78, 5) is 6.56. The van der Waals surface area contributed by atoms with Crippen molar-refractivity contribution in [1.82, 2.24) is 4.98 Å². The van der Waals surface area contributed by atoms with E-state index in [9.17, 15) is 5.26 Å². The maximum atomic E-state index is 9.30. The second-order valence-electron chi connectivity index (χ2n) is 5.56. The molecule has 0 radical (unpaired) electrons. The number of rotatable bonds is 5. The van der Waals surface area contributed by atoms with Crippen molar-refractivity contribution in [3.63, 3.8) is 0 Å². The van der Waals surface area contributed by atoms with E-state index in [0.29, 0.717) is 11.6 Å². The number of hydrogen-bond donors (Lipinski definition) is 1. The first-order valence-electron chi connectivity index (χ1n) is 7.43. The summed E-state index contributed by atoms with van der Waals surface area (Å²) in [5, 5.41) is 12.7. The molecule has 0 aliphatic heterocycles. The van der Waals surface area contributed by atoms with Crippen molar-refractivity contribution in [2.75, 3.05) is 23.8 Å². The molecule has 0 saturated carbocycles. The third kappa shape index (κ3) is 3.56. The lowest BCUT2D eigenvalue weighted by atomic mass is 10.1. The van der Waals surface area contributed by atoms with Gasteiger partial charge in [0.1, 0.15) is 6.07 Å².